The molecule has 0 radical (unpaired) electrons. The first-order chi connectivity index (χ1) is 17.5. The molecule has 3 atom stereocenters. The van der Waals surface area contributed by atoms with Crippen LogP contribution in [0.5, 0.6) is 5.75 Å². The number of aromatic amines is 1. The molecule has 3 heterocycles. The number of aromatic nitrogens is 1. The van der Waals surface area contributed by atoms with Gasteiger partial charge in [0.1, 0.15) is 29.2 Å². The molecule has 0 spiro atoms. The van der Waals surface area contributed by atoms with Gasteiger partial charge in [-0.1, -0.05) is 38.5 Å². The van der Waals surface area contributed by atoms with Gasteiger partial charge in [0.15, 0.2) is 0 Å². The summed E-state index contributed by atoms with van der Waals surface area (Å²) in [6.07, 6.45) is 1.71. The van der Waals surface area contributed by atoms with Crippen LogP contribution in [0.3, 0.4) is 0 Å². The molecule has 1 saturated heterocycles. The SMILES string of the molecule is CCC(C)CN1CC(Oc2cc(F)c([C@@H]3c4[nH]c5ccccc5c4C[C@@H](C)N3CC(C)(C)F)c(F)c2)C1. The lowest BCUT2D eigenvalue weighted by molar-refractivity contribution is 0.0109. The van der Waals surface area contributed by atoms with Crippen molar-refractivity contribution in [3.05, 3.63) is 64.9 Å². The van der Waals surface area contributed by atoms with Crippen molar-refractivity contribution in [2.24, 2.45) is 5.92 Å². The second kappa shape index (κ2) is 9.99. The lowest BCUT2D eigenvalue weighted by atomic mass is 9.87. The second-order valence-corrected chi connectivity index (χ2v) is 11.7. The molecule has 1 N–H and O–H groups in total. The number of rotatable bonds is 8. The van der Waals surface area contributed by atoms with E-state index in [1.165, 1.54) is 26.0 Å². The topological polar surface area (TPSA) is 31.5 Å². The predicted octanol–water partition coefficient (Wildman–Crippen LogP) is 6.64. The van der Waals surface area contributed by atoms with Crippen molar-refractivity contribution in [3.8, 4) is 5.75 Å². The summed E-state index contributed by atoms with van der Waals surface area (Å²) in [5, 5.41) is 1.04. The van der Waals surface area contributed by atoms with E-state index in [2.05, 4.69) is 23.7 Å². The van der Waals surface area contributed by atoms with Gasteiger partial charge in [0.2, 0.25) is 0 Å². The number of ether oxygens (including phenoxy) is 1. The van der Waals surface area contributed by atoms with E-state index in [1.54, 1.807) is 0 Å². The Morgan fingerprint density at radius 2 is 1.81 bits per heavy atom. The van der Waals surface area contributed by atoms with Crippen molar-refractivity contribution in [2.75, 3.05) is 26.2 Å². The Morgan fingerprint density at radius 1 is 1.14 bits per heavy atom. The first-order valence-corrected chi connectivity index (χ1v) is 13.5. The predicted molar refractivity (Wildman–Crippen MR) is 142 cm³/mol. The van der Waals surface area contributed by atoms with E-state index in [9.17, 15) is 4.39 Å². The number of hydrogen-bond acceptors (Lipinski definition) is 3. The fraction of sp³-hybridized carbons (Fsp3) is 0.533. The van der Waals surface area contributed by atoms with Crippen LogP contribution in [0, 0.1) is 17.6 Å². The molecule has 1 aromatic heterocycles. The first kappa shape index (κ1) is 26.1. The second-order valence-electron chi connectivity index (χ2n) is 11.7. The number of fused-ring (bicyclic) bond motifs is 3. The van der Waals surface area contributed by atoms with Gasteiger partial charge in [0, 0.05) is 66.5 Å². The van der Waals surface area contributed by atoms with Crippen LogP contribution in [0.2, 0.25) is 0 Å². The standard InChI is InChI=1S/C30H38F3N3O/c1-6-18(2)14-35-15-21(16-35)37-20-12-24(31)27(25(32)13-20)29-28-23(22-9-7-8-10-26(22)34-28)11-19(3)36(29)17-30(4,5)33/h7-10,12-13,18-19,21,29,34H,6,11,14-17H2,1-5H3/t18?,19-,29-/m1/s1. The molecule has 4 nitrogen and oxygen atoms in total. The summed E-state index contributed by atoms with van der Waals surface area (Å²) in [6, 6.07) is 9.58. The number of hydrogen-bond donors (Lipinski definition) is 1. The average Bonchev–Trinajstić information content (AvgIpc) is 3.16. The number of nitrogens with one attached hydrogen (secondary N) is 1. The zero-order valence-electron chi connectivity index (χ0n) is 22.5. The van der Waals surface area contributed by atoms with Crippen molar-refractivity contribution >= 4 is 10.9 Å². The quantitative estimate of drug-likeness (QED) is 0.366. The highest BCUT2D eigenvalue weighted by Crippen LogP contribution is 2.43. The van der Waals surface area contributed by atoms with E-state index in [1.807, 2.05) is 36.1 Å². The van der Waals surface area contributed by atoms with Crippen LogP contribution in [0.4, 0.5) is 13.2 Å². The van der Waals surface area contributed by atoms with Crippen LogP contribution in [0.25, 0.3) is 10.9 Å². The maximum absolute atomic E-state index is 15.8. The Labute approximate surface area is 217 Å². The summed E-state index contributed by atoms with van der Waals surface area (Å²) in [7, 11) is 0. The molecular formula is C30H38F3N3O. The molecule has 1 unspecified atom stereocenters. The van der Waals surface area contributed by atoms with Crippen LogP contribution in [0.1, 0.15) is 63.9 Å². The van der Waals surface area contributed by atoms with E-state index < -0.39 is 23.3 Å². The van der Waals surface area contributed by atoms with Gasteiger partial charge in [-0.25, -0.2) is 13.2 Å². The highest BCUT2D eigenvalue weighted by Gasteiger charge is 2.41. The van der Waals surface area contributed by atoms with Gasteiger partial charge in [-0.2, -0.15) is 0 Å². The molecule has 37 heavy (non-hydrogen) atoms. The van der Waals surface area contributed by atoms with Crippen molar-refractivity contribution in [3.63, 3.8) is 0 Å². The summed E-state index contributed by atoms with van der Waals surface area (Å²) in [6.45, 7) is 12.0. The largest absolute Gasteiger partial charge is 0.488 e. The molecule has 3 aromatic rings. The Hall–Kier alpha value is -2.51. The van der Waals surface area contributed by atoms with Crippen molar-refractivity contribution in [1.29, 1.82) is 0 Å². The summed E-state index contributed by atoms with van der Waals surface area (Å²) in [5.41, 5.74) is 1.09. The van der Waals surface area contributed by atoms with Crippen LogP contribution < -0.4 is 4.74 Å². The van der Waals surface area contributed by atoms with Crippen molar-refractivity contribution in [1.82, 2.24) is 14.8 Å². The van der Waals surface area contributed by atoms with Crippen molar-refractivity contribution in [2.45, 2.75) is 71.3 Å². The molecule has 0 aliphatic carbocycles. The molecule has 2 aliphatic rings. The van der Waals surface area contributed by atoms with E-state index in [-0.39, 0.29) is 30.0 Å². The lowest BCUT2D eigenvalue weighted by Gasteiger charge is -2.43. The fourth-order valence-electron chi connectivity index (χ4n) is 5.90. The van der Waals surface area contributed by atoms with E-state index in [4.69, 9.17) is 4.74 Å². The van der Waals surface area contributed by atoms with Crippen LogP contribution in [-0.4, -0.2) is 58.8 Å². The Morgan fingerprint density at radius 3 is 2.46 bits per heavy atom. The van der Waals surface area contributed by atoms with Crippen molar-refractivity contribution < 1.29 is 17.9 Å². The Kier molecular flexibility index (Phi) is 7.05. The van der Waals surface area contributed by atoms with Gasteiger partial charge in [-0.05, 0) is 44.7 Å². The lowest BCUT2D eigenvalue weighted by Crippen LogP contribution is -2.54. The number of alkyl halides is 1. The zero-order chi connectivity index (χ0) is 26.5. The van der Waals surface area contributed by atoms with Gasteiger partial charge in [0.25, 0.3) is 0 Å². The van der Waals surface area contributed by atoms with Gasteiger partial charge in [-0.3, -0.25) is 9.80 Å². The third-order valence-electron chi connectivity index (χ3n) is 7.90. The van der Waals surface area contributed by atoms with Gasteiger partial charge in [0.05, 0.1) is 6.04 Å². The van der Waals surface area contributed by atoms with Gasteiger partial charge >= 0.3 is 0 Å². The average molecular weight is 514 g/mol. The molecule has 5 rings (SSSR count). The van der Waals surface area contributed by atoms with Gasteiger partial charge in [-0.15, -0.1) is 0 Å². The maximum atomic E-state index is 15.8. The first-order valence-electron chi connectivity index (χ1n) is 13.5. The molecule has 2 aliphatic heterocycles. The molecule has 0 amide bonds. The number of nitrogens with zero attached hydrogens (tertiary/aromatic N) is 2. The monoisotopic (exact) mass is 513 g/mol. The molecule has 200 valence electrons. The highest BCUT2D eigenvalue weighted by atomic mass is 19.1. The van der Waals surface area contributed by atoms with E-state index >= 15 is 8.78 Å². The maximum Gasteiger partial charge on any atom is 0.135 e. The summed E-state index contributed by atoms with van der Waals surface area (Å²) in [4.78, 5) is 7.60. The number of para-hydroxylation sites is 1. The highest BCUT2D eigenvalue weighted by molar-refractivity contribution is 5.85. The number of halogens is 3. The zero-order valence-corrected chi connectivity index (χ0v) is 22.5. The molecule has 0 saturated carbocycles. The number of likely N-dealkylation sites (tertiary alicyclic amines) is 1. The molecular weight excluding hydrogens is 475 g/mol. The minimum atomic E-state index is -1.53. The molecule has 7 heteroatoms. The van der Waals surface area contributed by atoms with E-state index in [0.717, 1.165) is 48.2 Å². The van der Waals surface area contributed by atoms with Crippen LogP contribution in [0.15, 0.2) is 36.4 Å². The third kappa shape index (κ3) is 5.26. The number of benzene rings is 2. The van der Waals surface area contributed by atoms with Gasteiger partial charge < -0.3 is 9.72 Å². The minimum absolute atomic E-state index is 0.0544. The normalized spacial score (nSPS) is 22.2. The van der Waals surface area contributed by atoms with Crippen LogP contribution in [-0.2, 0) is 6.42 Å². The summed E-state index contributed by atoms with van der Waals surface area (Å²) >= 11 is 0. The summed E-state index contributed by atoms with van der Waals surface area (Å²) in [5.74, 6) is -0.530. The number of H-pyrrole nitrogens is 1. The molecule has 2 aromatic carbocycles. The third-order valence-corrected chi connectivity index (χ3v) is 7.90. The summed E-state index contributed by atoms with van der Waals surface area (Å²) < 4.78 is 52.4. The van der Waals surface area contributed by atoms with E-state index in [0.29, 0.717) is 12.3 Å². The van der Waals surface area contributed by atoms with Crippen LogP contribution >= 0.6 is 0 Å². The minimum Gasteiger partial charge on any atom is -0.488 e. The fourth-order valence-corrected chi connectivity index (χ4v) is 5.90. The molecule has 0 bridgehead atoms. The Bertz CT molecular complexity index is 1240. The smallest absolute Gasteiger partial charge is 0.135 e. The Balaban J connectivity index is 1.47. The molecule has 1 fully saturated rings.